The molecule has 0 aromatic heterocycles. The van der Waals surface area contributed by atoms with Crippen LogP contribution in [-0.2, 0) is 14.3 Å². The van der Waals surface area contributed by atoms with Gasteiger partial charge in [-0.05, 0) is 89.9 Å². The summed E-state index contributed by atoms with van der Waals surface area (Å²) in [7, 11) is 0. The monoisotopic (exact) mass is 870 g/mol. The third-order valence-corrected chi connectivity index (χ3v) is 12.1. The van der Waals surface area contributed by atoms with E-state index in [-0.39, 0.29) is 18.5 Å². The molecule has 362 valence electrons. The summed E-state index contributed by atoms with van der Waals surface area (Å²) in [4.78, 5) is 24.5. The molecule has 0 aliphatic heterocycles. The van der Waals surface area contributed by atoms with Gasteiger partial charge in [-0.25, -0.2) is 0 Å². The van der Waals surface area contributed by atoms with Crippen molar-refractivity contribution in [2.45, 2.75) is 283 Å². The summed E-state index contributed by atoms with van der Waals surface area (Å²) in [5, 5.41) is 23.2. The topological polar surface area (TPSA) is 95.9 Å². The molecule has 0 heterocycles. The number of aliphatic hydroxyl groups excluding tert-OH is 2. The van der Waals surface area contributed by atoms with E-state index in [1.807, 2.05) is 0 Å². The van der Waals surface area contributed by atoms with Gasteiger partial charge in [0.1, 0.15) is 0 Å². The number of rotatable bonds is 49. The average molecular weight is 870 g/mol. The first kappa shape index (κ1) is 59.8. The zero-order valence-corrected chi connectivity index (χ0v) is 41.1. The van der Waals surface area contributed by atoms with Gasteiger partial charge in [-0.15, -0.1) is 0 Å². The third kappa shape index (κ3) is 47.3. The van der Waals surface area contributed by atoms with Crippen LogP contribution in [0.2, 0.25) is 0 Å². The summed E-state index contributed by atoms with van der Waals surface area (Å²) in [6.45, 7) is 4.86. The lowest BCUT2D eigenvalue weighted by molar-refractivity contribution is -0.143. The van der Waals surface area contributed by atoms with Crippen molar-refractivity contribution >= 4 is 11.9 Å². The first-order valence-corrected chi connectivity index (χ1v) is 26.9. The van der Waals surface area contributed by atoms with E-state index in [1.54, 1.807) is 0 Å². The fourth-order valence-corrected chi connectivity index (χ4v) is 7.95. The number of ether oxygens (including phenoxy) is 1. The molecule has 0 bridgehead atoms. The number of esters is 1. The molecule has 0 aromatic carbocycles. The van der Waals surface area contributed by atoms with Crippen LogP contribution < -0.4 is 5.32 Å². The van der Waals surface area contributed by atoms with Gasteiger partial charge in [-0.1, -0.05) is 217 Å². The number of hydrogen-bond acceptors (Lipinski definition) is 5. The number of allylic oxidation sites excluding steroid dienone is 8. The maximum absolute atomic E-state index is 12.4. The van der Waals surface area contributed by atoms with Crippen molar-refractivity contribution in [3.8, 4) is 0 Å². The number of amides is 1. The molecule has 0 fully saturated rings. The Morgan fingerprint density at radius 2 is 0.855 bits per heavy atom. The predicted octanol–water partition coefficient (Wildman–Crippen LogP) is 16.2. The summed E-state index contributed by atoms with van der Waals surface area (Å²) < 4.78 is 5.44. The molecule has 0 aliphatic carbocycles. The number of hydrogen-bond donors (Lipinski definition) is 3. The van der Waals surface area contributed by atoms with Crippen LogP contribution in [0.4, 0.5) is 0 Å². The first-order valence-electron chi connectivity index (χ1n) is 26.9. The Balaban J connectivity index is 3.54. The van der Waals surface area contributed by atoms with Gasteiger partial charge in [-0.3, -0.25) is 9.59 Å². The first-order chi connectivity index (χ1) is 30.5. The highest BCUT2D eigenvalue weighted by Gasteiger charge is 2.20. The van der Waals surface area contributed by atoms with Gasteiger partial charge < -0.3 is 20.3 Å². The van der Waals surface area contributed by atoms with Crippen molar-refractivity contribution in [1.82, 2.24) is 5.32 Å². The van der Waals surface area contributed by atoms with Gasteiger partial charge in [0, 0.05) is 12.8 Å². The fraction of sp³-hybridized carbons (Fsp3) is 0.821. The SMILES string of the molecule is CCCCCC/C=C\C/C=C\CCCCCCCC(=O)OCCCCC/C=C\C=C/CCCCCCCCC(=O)NC(CO)C(O)CCCCCCCCCCCCCCCC. The molecule has 0 aliphatic rings. The van der Waals surface area contributed by atoms with Gasteiger partial charge in [0.2, 0.25) is 5.91 Å². The number of carbonyl (C=O) groups is 2. The van der Waals surface area contributed by atoms with Crippen LogP contribution in [-0.4, -0.2) is 47.4 Å². The summed E-state index contributed by atoms with van der Waals surface area (Å²) in [6, 6.07) is -0.559. The molecule has 0 saturated heterocycles. The van der Waals surface area contributed by atoms with Crippen LogP contribution in [0, 0.1) is 0 Å². The normalized spacial score (nSPS) is 13.0. The summed E-state index contributed by atoms with van der Waals surface area (Å²) in [5.41, 5.74) is 0. The molecular formula is C56H103NO5. The van der Waals surface area contributed by atoms with E-state index >= 15 is 0 Å². The summed E-state index contributed by atoms with van der Waals surface area (Å²) in [6.07, 6.45) is 63.7. The van der Waals surface area contributed by atoms with Crippen LogP contribution in [0.3, 0.4) is 0 Å². The third-order valence-electron chi connectivity index (χ3n) is 12.1. The smallest absolute Gasteiger partial charge is 0.305 e. The van der Waals surface area contributed by atoms with E-state index in [0.717, 1.165) is 89.9 Å². The van der Waals surface area contributed by atoms with Crippen molar-refractivity contribution in [3.05, 3.63) is 48.6 Å². The maximum atomic E-state index is 12.4. The highest BCUT2D eigenvalue weighted by atomic mass is 16.5. The van der Waals surface area contributed by atoms with Crippen LogP contribution in [0.1, 0.15) is 271 Å². The highest BCUT2D eigenvalue weighted by molar-refractivity contribution is 5.76. The highest BCUT2D eigenvalue weighted by Crippen LogP contribution is 2.16. The molecule has 62 heavy (non-hydrogen) atoms. The summed E-state index contributed by atoms with van der Waals surface area (Å²) in [5.74, 6) is -0.0946. The Bertz CT molecular complexity index is 1050. The molecule has 0 rings (SSSR count). The summed E-state index contributed by atoms with van der Waals surface area (Å²) >= 11 is 0. The van der Waals surface area contributed by atoms with Crippen molar-refractivity contribution in [2.75, 3.05) is 13.2 Å². The molecule has 6 heteroatoms. The Kier molecular flexibility index (Phi) is 49.6. The molecule has 3 N–H and O–H groups in total. The van der Waals surface area contributed by atoms with Crippen molar-refractivity contribution in [3.63, 3.8) is 0 Å². The molecule has 0 aromatic rings. The molecule has 6 nitrogen and oxygen atoms in total. The minimum absolute atomic E-state index is 0.0357. The van der Waals surface area contributed by atoms with E-state index in [1.165, 1.54) is 148 Å². The lowest BCUT2D eigenvalue weighted by Gasteiger charge is -2.22. The standard InChI is InChI=1S/C56H103NO5/c1-3-5-7-9-11-13-15-17-19-22-26-30-34-38-42-46-50-56(61)62-51-47-43-39-35-31-27-23-20-21-25-29-33-37-41-45-49-55(60)57-53(52-58)54(59)48-44-40-36-32-28-24-18-16-14-12-10-8-6-4-2/h13,15,19-20,22-23,27,31,53-54,58-59H,3-12,14,16-18,21,24-26,28-30,32-52H2,1-2H3,(H,57,60)/b15-13-,22-19-,23-20-,31-27-. The number of unbranched alkanes of at least 4 members (excludes halogenated alkanes) is 31. The van der Waals surface area contributed by atoms with Crippen LogP contribution in [0.25, 0.3) is 0 Å². The van der Waals surface area contributed by atoms with Crippen molar-refractivity contribution < 1.29 is 24.5 Å². The minimum atomic E-state index is -0.679. The van der Waals surface area contributed by atoms with Gasteiger partial charge in [0.15, 0.2) is 0 Å². The average Bonchev–Trinajstić information content (AvgIpc) is 3.27. The molecule has 2 atom stereocenters. The Labute approximate surface area is 385 Å². The van der Waals surface area contributed by atoms with E-state index in [9.17, 15) is 19.8 Å². The van der Waals surface area contributed by atoms with Gasteiger partial charge >= 0.3 is 5.97 Å². The van der Waals surface area contributed by atoms with Gasteiger partial charge in [0.25, 0.3) is 0 Å². The predicted molar refractivity (Wildman–Crippen MR) is 269 cm³/mol. The quantitative estimate of drug-likeness (QED) is 0.0245. The second-order valence-corrected chi connectivity index (χ2v) is 18.2. The maximum Gasteiger partial charge on any atom is 0.305 e. The van der Waals surface area contributed by atoms with Crippen molar-refractivity contribution in [2.24, 2.45) is 0 Å². The number of nitrogens with one attached hydrogen (secondary N) is 1. The van der Waals surface area contributed by atoms with Crippen LogP contribution in [0.5, 0.6) is 0 Å². The Morgan fingerprint density at radius 1 is 0.468 bits per heavy atom. The zero-order chi connectivity index (χ0) is 45.1. The van der Waals surface area contributed by atoms with E-state index in [4.69, 9.17) is 4.74 Å². The lowest BCUT2D eigenvalue weighted by Crippen LogP contribution is -2.45. The van der Waals surface area contributed by atoms with E-state index in [2.05, 4.69) is 67.8 Å². The Hall–Kier alpha value is -2.18. The van der Waals surface area contributed by atoms with E-state index < -0.39 is 12.1 Å². The molecule has 2 unspecified atom stereocenters. The molecule has 0 radical (unpaired) electrons. The molecule has 0 saturated carbocycles. The molecule has 1 amide bonds. The minimum Gasteiger partial charge on any atom is -0.466 e. The fourth-order valence-electron chi connectivity index (χ4n) is 7.95. The van der Waals surface area contributed by atoms with Crippen molar-refractivity contribution in [1.29, 1.82) is 0 Å². The lowest BCUT2D eigenvalue weighted by atomic mass is 10.0. The van der Waals surface area contributed by atoms with Crippen LogP contribution >= 0.6 is 0 Å². The zero-order valence-electron chi connectivity index (χ0n) is 41.1. The molecule has 0 spiro atoms. The van der Waals surface area contributed by atoms with Gasteiger partial charge in [-0.2, -0.15) is 0 Å². The van der Waals surface area contributed by atoms with Gasteiger partial charge in [0.05, 0.1) is 25.4 Å². The van der Waals surface area contributed by atoms with Crippen LogP contribution in [0.15, 0.2) is 48.6 Å². The molecular weight excluding hydrogens is 767 g/mol. The Morgan fingerprint density at radius 3 is 1.34 bits per heavy atom. The number of carbonyl (C=O) groups excluding carboxylic acids is 2. The largest absolute Gasteiger partial charge is 0.466 e. The number of aliphatic hydroxyl groups is 2. The second kappa shape index (κ2) is 51.5. The second-order valence-electron chi connectivity index (χ2n) is 18.2. The van der Waals surface area contributed by atoms with E-state index in [0.29, 0.717) is 25.9 Å².